The number of benzene rings is 1. The van der Waals surface area contributed by atoms with Crippen LogP contribution in [0.15, 0.2) is 60.9 Å². The molecule has 240 valence electrons. The zero-order valence-electron chi connectivity index (χ0n) is 25.3. The number of nitrogen functional groups attached to an aromatic ring is 1. The number of allylic oxidation sites excluding steroid dienone is 2. The van der Waals surface area contributed by atoms with E-state index in [1.165, 1.54) is 0 Å². The predicted molar refractivity (Wildman–Crippen MR) is 170 cm³/mol. The van der Waals surface area contributed by atoms with E-state index in [0.29, 0.717) is 41.8 Å². The van der Waals surface area contributed by atoms with Crippen LogP contribution in [0.3, 0.4) is 0 Å². The molecule has 6 rings (SSSR count). The van der Waals surface area contributed by atoms with Crippen molar-refractivity contribution in [2.45, 2.75) is 70.0 Å². The fourth-order valence-corrected chi connectivity index (χ4v) is 6.39. The SMILES string of the molecule is Nc1ncc2c3c1c(-c1ccc(C(=O)Nc4cc(C(F)(F)F)ccn4)cc1)nn3[C@@H]1CCC[C@H](C1)C(=O)NCCCCC/C=C/C2. The van der Waals surface area contributed by atoms with Gasteiger partial charge in [-0.05, 0) is 69.2 Å². The lowest BCUT2D eigenvalue weighted by Crippen LogP contribution is -2.35. The van der Waals surface area contributed by atoms with Gasteiger partial charge >= 0.3 is 6.18 Å². The minimum absolute atomic E-state index is 0.0109. The third kappa shape index (κ3) is 6.75. The molecule has 4 aromatic rings. The first-order valence-corrected chi connectivity index (χ1v) is 15.7. The van der Waals surface area contributed by atoms with Crippen LogP contribution in [-0.4, -0.2) is 38.1 Å². The lowest BCUT2D eigenvalue weighted by atomic mass is 9.85. The summed E-state index contributed by atoms with van der Waals surface area (Å²) in [6.45, 7) is 0.690. The Labute approximate surface area is 264 Å². The maximum Gasteiger partial charge on any atom is 0.416 e. The normalized spacial score (nSPS) is 20.2. The lowest BCUT2D eigenvalue weighted by molar-refractivity contribution is -0.137. The molecule has 9 nitrogen and oxygen atoms in total. The number of fused-ring (bicyclic) bond motifs is 3. The smallest absolute Gasteiger partial charge is 0.383 e. The molecule has 2 atom stereocenters. The van der Waals surface area contributed by atoms with E-state index in [1.54, 1.807) is 30.5 Å². The van der Waals surface area contributed by atoms with Crippen LogP contribution in [0.2, 0.25) is 0 Å². The number of amides is 2. The molecule has 1 aliphatic carbocycles. The first kappa shape index (κ1) is 31.3. The average molecular weight is 632 g/mol. The standard InChI is InChI=1S/C34H36F3N7O2/c35-34(36,37)25-15-17-39-27(19-25)42-33(46)22-13-11-21(12-14-22)29-28-30-24(20-41-31(28)38)8-5-3-1-2-4-6-16-40-32(45)23-9-7-10-26(18-23)44(30)43-29/h3,5,11-15,17,19-20,23,26H,1-2,4,6-10,16,18H2,(H2,38,41)(H,40,45)(H,39,42,46)/b5-3+/t23-,26-/m1/s1. The van der Waals surface area contributed by atoms with Crippen LogP contribution in [0, 0.1) is 5.92 Å². The molecule has 0 unspecified atom stereocenters. The first-order chi connectivity index (χ1) is 22.2. The molecule has 2 bridgehead atoms. The number of pyridine rings is 2. The Kier molecular flexibility index (Phi) is 9.05. The summed E-state index contributed by atoms with van der Waals surface area (Å²) >= 11 is 0. The van der Waals surface area contributed by atoms with Gasteiger partial charge in [0.05, 0.1) is 22.5 Å². The second-order valence-electron chi connectivity index (χ2n) is 12.0. The molecule has 1 saturated carbocycles. The fraction of sp³-hybridized carbons (Fsp3) is 0.382. The topological polar surface area (TPSA) is 128 Å². The molecular weight excluding hydrogens is 595 g/mol. The summed E-state index contributed by atoms with van der Waals surface area (Å²) in [6.07, 6.45) is 10.6. The largest absolute Gasteiger partial charge is 0.416 e. The third-order valence-electron chi connectivity index (χ3n) is 8.79. The van der Waals surface area contributed by atoms with Crippen LogP contribution >= 0.6 is 0 Å². The van der Waals surface area contributed by atoms with Crippen LogP contribution in [0.4, 0.5) is 24.8 Å². The van der Waals surface area contributed by atoms with E-state index in [9.17, 15) is 22.8 Å². The number of rotatable bonds is 3. The third-order valence-corrected chi connectivity index (χ3v) is 8.79. The van der Waals surface area contributed by atoms with Crippen molar-refractivity contribution in [2.24, 2.45) is 5.92 Å². The highest BCUT2D eigenvalue weighted by Crippen LogP contribution is 2.40. The zero-order valence-corrected chi connectivity index (χ0v) is 25.3. The number of aromatic nitrogens is 4. The Hall–Kier alpha value is -4.74. The van der Waals surface area contributed by atoms with E-state index in [4.69, 9.17) is 10.8 Å². The molecule has 1 aromatic carbocycles. The van der Waals surface area contributed by atoms with Crippen molar-refractivity contribution < 1.29 is 22.8 Å². The summed E-state index contributed by atoms with van der Waals surface area (Å²) < 4.78 is 41.4. The molecule has 2 aliphatic rings. The van der Waals surface area contributed by atoms with Crippen molar-refractivity contribution in [2.75, 3.05) is 17.6 Å². The number of anilines is 2. The predicted octanol–water partition coefficient (Wildman–Crippen LogP) is 6.87. The molecule has 4 N–H and O–H groups in total. The van der Waals surface area contributed by atoms with Gasteiger partial charge in [-0.25, -0.2) is 9.97 Å². The van der Waals surface area contributed by atoms with E-state index in [-0.39, 0.29) is 29.2 Å². The number of carbonyl (C=O) groups is 2. The van der Waals surface area contributed by atoms with Crippen molar-refractivity contribution in [1.29, 1.82) is 0 Å². The molecular formula is C34H36F3N7O2. The van der Waals surface area contributed by atoms with Gasteiger partial charge in [-0.3, -0.25) is 14.3 Å². The Bertz CT molecular complexity index is 1770. The molecule has 12 heteroatoms. The highest BCUT2D eigenvalue weighted by Gasteiger charge is 2.32. The van der Waals surface area contributed by atoms with E-state index in [2.05, 4.69) is 32.8 Å². The maximum atomic E-state index is 13.1. The molecule has 1 fully saturated rings. The van der Waals surface area contributed by atoms with Crippen LogP contribution in [-0.2, 0) is 17.4 Å². The summed E-state index contributed by atoms with van der Waals surface area (Å²) in [5.41, 5.74) is 9.05. The number of hydrogen-bond acceptors (Lipinski definition) is 6. The molecule has 0 radical (unpaired) electrons. The van der Waals surface area contributed by atoms with Gasteiger partial charge in [0.25, 0.3) is 5.91 Å². The summed E-state index contributed by atoms with van der Waals surface area (Å²) in [5.74, 6) is -0.458. The zero-order chi connectivity index (χ0) is 32.3. The number of nitrogens with one attached hydrogen (secondary N) is 2. The summed E-state index contributed by atoms with van der Waals surface area (Å²) in [4.78, 5) is 34.4. The van der Waals surface area contributed by atoms with Gasteiger partial charge in [0.1, 0.15) is 17.3 Å². The van der Waals surface area contributed by atoms with Gasteiger partial charge in [-0.2, -0.15) is 18.3 Å². The fourth-order valence-electron chi connectivity index (χ4n) is 6.39. The van der Waals surface area contributed by atoms with Gasteiger partial charge in [0.2, 0.25) is 5.91 Å². The monoisotopic (exact) mass is 631 g/mol. The molecule has 4 heterocycles. The van der Waals surface area contributed by atoms with Gasteiger partial charge in [0.15, 0.2) is 0 Å². The van der Waals surface area contributed by atoms with Crippen LogP contribution in [0.25, 0.3) is 22.2 Å². The van der Waals surface area contributed by atoms with Crippen molar-refractivity contribution >= 4 is 34.4 Å². The molecule has 2 amide bonds. The van der Waals surface area contributed by atoms with Gasteiger partial charge < -0.3 is 16.4 Å². The highest BCUT2D eigenvalue weighted by atomic mass is 19.4. The molecule has 1 aliphatic heterocycles. The van der Waals surface area contributed by atoms with Crippen molar-refractivity contribution in [3.63, 3.8) is 0 Å². The first-order valence-electron chi connectivity index (χ1n) is 15.7. The second kappa shape index (κ2) is 13.3. The van der Waals surface area contributed by atoms with Gasteiger partial charge in [-0.1, -0.05) is 37.1 Å². The van der Waals surface area contributed by atoms with E-state index in [1.807, 2.05) is 4.68 Å². The minimum Gasteiger partial charge on any atom is -0.383 e. The Morgan fingerprint density at radius 2 is 1.85 bits per heavy atom. The average Bonchev–Trinajstić information content (AvgIpc) is 3.46. The Balaban J connectivity index is 1.35. The Morgan fingerprint density at radius 1 is 1.02 bits per heavy atom. The molecule has 3 aromatic heterocycles. The van der Waals surface area contributed by atoms with Crippen LogP contribution < -0.4 is 16.4 Å². The lowest BCUT2D eigenvalue weighted by Gasteiger charge is -2.29. The van der Waals surface area contributed by atoms with E-state index >= 15 is 0 Å². The number of alkyl halides is 3. The summed E-state index contributed by atoms with van der Waals surface area (Å²) in [5, 5.41) is 11.4. The van der Waals surface area contributed by atoms with E-state index in [0.717, 1.165) is 74.4 Å². The van der Waals surface area contributed by atoms with Crippen LogP contribution in [0.5, 0.6) is 0 Å². The highest BCUT2D eigenvalue weighted by molar-refractivity contribution is 6.05. The number of hydrogen-bond donors (Lipinski definition) is 3. The molecule has 0 spiro atoms. The minimum atomic E-state index is -4.55. The van der Waals surface area contributed by atoms with Gasteiger partial charge in [0, 0.05) is 41.5 Å². The number of nitrogens with zero attached hydrogens (tertiary/aromatic N) is 4. The van der Waals surface area contributed by atoms with Crippen molar-refractivity contribution in [3.8, 4) is 11.3 Å². The van der Waals surface area contributed by atoms with Crippen molar-refractivity contribution in [1.82, 2.24) is 25.1 Å². The summed E-state index contributed by atoms with van der Waals surface area (Å²) in [7, 11) is 0. The quantitative estimate of drug-likeness (QED) is 0.212. The van der Waals surface area contributed by atoms with E-state index < -0.39 is 17.6 Å². The van der Waals surface area contributed by atoms with Crippen molar-refractivity contribution in [3.05, 3.63) is 77.6 Å². The Morgan fingerprint density at radius 3 is 2.65 bits per heavy atom. The molecule has 46 heavy (non-hydrogen) atoms. The number of nitrogens with two attached hydrogens (primary N) is 1. The number of carbonyl (C=O) groups excluding carboxylic acids is 2. The molecule has 0 saturated heterocycles. The maximum absolute atomic E-state index is 13.1. The second-order valence-corrected chi connectivity index (χ2v) is 12.0. The van der Waals surface area contributed by atoms with Gasteiger partial charge in [-0.15, -0.1) is 0 Å². The number of halogens is 3. The summed E-state index contributed by atoms with van der Waals surface area (Å²) in [6, 6.07) is 8.27. The van der Waals surface area contributed by atoms with Crippen LogP contribution in [0.1, 0.15) is 78.9 Å².